The predicted octanol–water partition coefficient (Wildman–Crippen LogP) is 1.05. The van der Waals surface area contributed by atoms with Gasteiger partial charge in [-0.1, -0.05) is 6.08 Å². The number of ether oxygens (including phenoxy) is 3. The van der Waals surface area contributed by atoms with E-state index < -0.39 is 5.79 Å². The fraction of sp³-hybridized carbons (Fsp3) is 0.818. The van der Waals surface area contributed by atoms with Gasteiger partial charge in [-0.05, 0) is 20.3 Å². The molecule has 4 nitrogen and oxygen atoms in total. The van der Waals surface area contributed by atoms with E-state index in [0.29, 0.717) is 13.0 Å². The lowest BCUT2D eigenvalue weighted by Gasteiger charge is -2.29. The zero-order chi connectivity index (χ0) is 11.1. The van der Waals surface area contributed by atoms with E-state index in [9.17, 15) is 0 Å². The molecule has 2 aliphatic heterocycles. The zero-order valence-electron chi connectivity index (χ0n) is 9.23. The molecule has 0 saturated carbocycles. The quantitative estimate of drug-likeness (QED) is 0.713. The Balaban J connectivity index is 2.19. The number of aliphatic hydroxyl groups is 1. The van der Waals surface area contributed by atoms with Crippen LogP contribution < -0.4 is 0 Å². The monoisotopic (exact) mass is 214 g/mol. The van der Waals surface area contributed by atoms with Crippen LogP contribution >= 0.6 is 0 Å². The van der Waals surface area contributed by atoms with Crippen LogP contribution in [0.15, 0.2) is 12.7 Å². The van der Waals surface area contributed by atoms with Crippen LogP contribution in [0.25, 0.3) is 0 Å². The second-order valence-electron chi connectivity index (χ2n) is 4.65. The number of rotatable bonds is 3. The summed E-state index contributed by atoms with van der Waals surface area (Å²) in [5.41, 5.74) is -0.312. The summed E-state index contributed by atoms with van der Waals surface area (Å²) in [5, 5.41) is 9.07. The van der Waals surface area contributed by atoms with Crippen LogP contribution in [0.4, 0.5) is 0 Å². The molecule has 0 aliphatic carbocycles. The maximum atomic E-state index is 9.07. The summed E-state index contributed by atoms with van der Waals surface area (Å²) in [6, 6.07) is 0. The van der Waals surface area contributed by atoms with Crippen LogP contribution in [0.1, 0.15) is 20.3 Å². The Morgan fingerprint density at radius 2 is 2.20 bits per heavy atom. The first-order chi connectivity index (χ1) is 7.03. The molecule has 4 heteroatoms. The summed E-state index contributed by atoms with van der Waals surface area (Å²) in [6.45, 7) is 8.14. The minimum absolute atomic E-state index is 0.0996. The Morgan fingerprint density at radius 3 is 2.80 bits per heavy atom. The summed E-state index contributed by atoms with van der Waals surface area (Å²) in [4.78, 5) is 0. The lowest BCUT2D eigenvalue weighted by Crippen LogP contribution is -2.36. The molecule has 0 aromatic carbocycles. The van der Waals surface area contributed by atoms with E-state index in [1.54, 1.807) is 0 Å². The van der Waals surface area contributed by atoms with Gasteiger partial charge in [0.25, 0.3) is 0 Å². The highest BCUT2D eigenvalue weighted by molar-refractivity contribution is 5.07. The van der Waals surface area contributed by atoms with Gasteiger partial charge in [-0.3, -0.25) is 0 Å². The molecule has 0 aromatic heterocycles. The topological polar surface area (TPSA) is 47.9 Å². The first-order valence-corrected chi connectivity index (χ1v) is 5.25. The Kier molecular flexibility index (Phi) is 2.63. The summed E-state index contributed by atoms with van der Waals surface area (Å²) in [7, 11) is 0. The third-order valence-corrected chi connectivity index (χ3v) is 3.12. The molecule has 0 bridgehead atoms. The third kappa shape index (κ3) is 1.72. The second-order valence-corrected chi connectivity index (χ2v) is 4.65. The van der Waals surface area contributed by atoms with Crippen LogP contribution in [-0.2, 0) is 14.2 Å². The van der Waals surface area contributed by atoms with Gasteiger partial charge in [0.15, 0.2) is 12.1 Å². The Morgan fingerprint density at radius 1 is 1.47 bits per heavy atom. The molecule has 2 fully saturated rings. The van der Waals surface area contributed by atoms with Crippen molar-refractivity contribution in [1.29, 1.82) is 0 Å². The number of hydrogen-bond acceptors (Lipinski definition) is 4. The summed E-state index contributed by atoms with van der Waals surface area (Å²) in [5.74, 6) is -0.612. The van der Waals surface area contributed by atoms with E-state index in [4.69, 9.17) is 19.3 Å². The van der Waals surface area contributed by atoms with Crippen molar-refractivity contribution in [3.63, 3.8) is 0 Å². The average molecular weight is 214 g/mol. The number of aliphatic hydroxyl groups excluding tert-OH is 1. The molecule has 0 spiro atoms. The van der Waals surface area contributed by atoms with Crippen molar-refractivity contribution in [3.05, 3.63) is 12.7 Å². The lowest BCUT2D eigenvalue weighted by molar-refractivity contribution is -0.201. The molecule has 1 N–H and O–H groups in total. The van der Waals surface area contributed by atoms with Gasteiger partial charge >= 0.3 is 0 Å². The van der Waals surface area contributed by atoms with Crippen molar-refractivity contribution < 1.29 is 19.3 Å². The van der Waals surface area contributed by atoms with Gasteiger partial charge < -0.3 is 19.3 Å². The third-order valence-electron chi connectivity index (χ3n) is 3.12. The Hall–Kier alpha value is -0.420. The fourth-order valence-corrected chi connectivity index (χ4v) is 2.26. The van der Waals surface area contributed by atoms with Gasteiger partial charge in [0.2, 0.25) is 0 Å². The van der Waals surface area contributed by atoms with E-state index in [2.05, 4.69) is 6.58 Å². The van der Waals surface area contributed by atoms with Crippen molar-refractivity contribution in [2.24, 2.45) is 5.41 Å². The average Bonchev–Trinajstić information content (AvgIpc) is 2.62. The molecule has 2 rings (SSSR count). The molecule has 3 atom stereocenters. The van der Waals surface area contributed by atoms with Crippen LogP contribution in [0, 0.1) is 5.41 Å². The Labute approximate surface area is 89.8 Å². The van der Waals surface area contributed by atoms with Gasteiger partial charge in [0.05, 0.1) is 6.61 Å². The van der Waals surface area contributed by atoms with Crippen molar-refractivity contribution in [1.82, 2.24) is 0 Å². The predicted molar refractivity (Wildman–Crippen MR) is 54.1 cm³/mol. The molecule has 0 amide bonds. The summed E-state index contributed by atoms with van der Waals surface area (Å²) in [6.07, 6.45) is 1.93. The minimum Gasteiger partial charge on any atom is -0.396 e. The maximum Gasteiger partial charge on any atom is 0.188 e. The molecule has 86 valence electrons. The van der Waals surface area contributed by atoms with Crippen molar-refractivity contribution in [2.75, 3.05) is 13.2 Å². The van der Waals surface area contributed by atoms with Gasteiger partial charge in [0.1, 0.15) is 6.10 Å². The highest BCUT2D eigenvalue weighted by Crippen LogP contribution is 2.46. The molecule has 2 aliphatic rings. The molecule has 15 heavy (non-hydrogen) atoms. The Bertz CT molecular complexity index is 259. The van der Waals surface area contributed by atoms with E-state index >= 15 is 0 Å². The molecule has 0 unspecified atom stereocenters. The van der Waals surface area contributed by atoms with Gasteiger partial charge in [-0.25, -0.2) is 0 Å². The zero-order valence-corrected chi connectivity index (χ0v) is 9.23. The van der Waals surface area contributed by atoms with Crippen molar-refractivity contribution >= 4 is 0 Å². The molecule has 0 aromatic rings. The van der Waals surface area contributed by atoms with E-state index in [0.717, 1.165) is 0 Å². The molecule has 0 radical (unpaired) electrons. The van der Waals surface area contributed by atoms with E-state index in [1.807, 2.05) is 19.9 Å². The van der Waals surface area contributed by atoms with Crippen LogP contribution in [0.3, 0.4) is 0 Å². The second kappa shape index (κ2) is 3.56. The van der Waals surface area contributed by atoms with Crippen molar-refractivity contribution in [3.8, 4) is 0 Å². The summed E-state index contributed by atoms with van der Waals surface area (Å²) >= 11 is 0. The smallest absolute Gasteiger partial charge is 0.188 e. The van der Waals surface area contributed by atoms with Crippen LogP contribution in [0.2, 0.25) is 0 Å². The van der Waals surface area contributed by atoms with Gasteiger partial charge in [-0.15, -0.1) is 6.58 Å². The van der Waals surface area contributed by atoms with Crippen molar-refractivity contribution in [2.45, 2.75) is 38.4 Å². The molecular weight excluding hydrogens is 196 g/mol. The first kappa shape index (κ1) is 11.1. The molecule has 2 saturated heterocycles. The molecular formula is C11H18O4. The number of hydrogen-bond donors (Lipinski definition) is 1. The van der Waals surface area contributed by atoms with Crippen LogP contribution in [-0.4, -0.2) is 36.5 Å². The van der Waals surface area contributed by atoms with Gasteiger partial charge in [0, 0.05) is 12.0 Å². The van der Waals surface area contributed by atoms with E-state index in [1.165, 1.54) is 0 Å². The highest BCUT2D eigenvalue weighted by Gasteiger charge is 2.56. The lowest BCUT2D eigenvalue weighted by atomic mass is 9.81. The SMILES string of the molecule is C=C[C@]1(CCO)CO[C@@H]2OC(C)(C)O[C@@H]21. The molecule has 2 heterocycles. The number of fused-ring (bicyclic) bond motifs is 1. The van der Waals surface area contributed by atoms with Gasteiger partial charge in [-0.2, -0.15) is 0 Å². The normalized spacial score (nSPS) is 42.9. The van der Waals surface area contributed by atoms with Crippen LogP contribution in [0.5, 0.6) is 0 Å². The highest BCUT2D eigenvalue weighted by atomic mass is 16.8. The standard InChI is InChI=1S/C11H18O4/c1-4-11(5-6-12)7-13-9-8(11)14-10(2,3)15-9/h4,8-9,12H,1,5-7H2,2-3H3/t8-,9+,11-/m0/s1. The summed E-state index contributed by atoms with van der Waals surface area (Å²) < 4.78 is 16.9. The minimum atomic E-state index is -0.612. The largest absolute Gasteiger partial charge is 0.396 e. The van der Waals surface area contributed by atoms with E-state index in [-0.39, 0.29) is 24.4 Å². The first-order valence-electron chi connectivity index (χ1n) is 5.25. The fourth-order valence-electron chi connectivity index (χ4n) is 2.26. The maximum absolute atomic E-state index is 9.07.